The van der Waals surface area contributed by atoms with Crippen LogP contribution in [0.1, 0.15) is 22.8 Å². The Morgan fingerprint density at radius 1 is 0.846 bits per heavy atom. The first-order valence-electron chi connectivity index (χ1n) is 12.9. The number of para-hydroxylation sites is 2. The molecular formula is C33H30N2O4. The van der Waals surface area contributed by atoms with E-state index in [2.05, 4.69) is 58.4 Å². The molecule has 0 aliphatic carbocycles. The summed E-state index contributed by atoms with van der Waals surface area (Å²) in [6.45, 7) is 2.90. The van der Waals surface area contributed by atoms with Crippen LogP contribution in [-0.2, 0) is 17.8 Å². The van der Waals surface area contributed by atoms with Crippen molar-refractivity contribution in [3.63, 3.8) is 0 Å². The molecule has 0 spiro atoms. The number of hydrogen-bond donors (Lipinski definition) is 2. The van der Waals surface area contributed by atoms with E-state index in [4.69, 9.17) is 4.74 Å². The lowest BCUT2D eigenvalue weighted by atomic mass is 10.1. The molecule has 2 N–H and O–H groups in total. The van der Waals surface area contributed by atoms with Crippen LogP contribution >= 0.6 is 0 Å². The molecule has 1 heterocycles. The number of ether oxygens (including phenoxy) is 1. The second-order valence-corrected chi connectivity index (χ2v) is 9.48. The van der Waals surface area contributed by atoms with Crippen LogP contribution < -0.4 is 10.1 Å². The highest BCUT2D eigenvalue weighted by molar-refractivity contribution is 6.08. The molecule has 6 heteroatoms. The van der Waals surface area contributed by atoms with Gasteiger partial charge in [0.25, 0.3) is 0 Å². The number of hydrogen-bond acceptors (Lipinski definition) is 4. The van der Waals surface area contributed by atoms with E-state index in [1.165, 1.54) is 27.9 Å². The Kier molecular flexibility index (Phi) is 7.73. The summed E-state index contributed by atoms with van der Waals surface area (Å²) in [5.41, 5.74) is 4.27. The second-order valence-electron chi connectivity index (χ2n) is 9.48. The highest BCUT2D eigenvalue weighted by Gasteiger charge is 2.18. The number of benzene rings is 4. The summed E-state index contributed by atoms with van der Waals surface area (Å²) in [5.74, 6) is -0.433. The highest BCUT2D eigenvalue weighted by atomic mass is 16.5. The maximum Gasteiger partial charge on any atom is 0.326 e. The summed E-state index contributed by atoms with van der Waals surface area (Å²) in [5, 5.41) is 15.2. The van der Waals surface area contributed by atoms with Crippen LogP contribution in [0.2, 0.25) is 0 Å². The van der Waals surface area contributed by atoms with Crippen molar-refractivity contribution in [2.75, 3.05) is 6.61 Å². The Bertz CT molecular complexity index is 1580. The molecule has 0 radical (unpaired) electrons. The molecule has 0 saturated heterocycles. The average molecular weight is 519 g/mol. The summed E-state index contributed by atoms with van der Waals surface area (Å²) in [6, 6.07) is 32.3. The van der Waals surface area contributed by atoms with Gasteiger partial charge in [-0.25, -0.2) is 4.79 Å². The van der Waals surface area contributed by atoms with E-state index in [9.17, 15) is 14.7 Å². The van der Waals surface area contributed by atoms with Crippen LogP contribution in [0, 0.1) is 0 Å². The maximum atomic E-state index is 12.4. The summed E-state index contributed by atoms with van der Waals surface area (Å²) in [4.78, 5) is 24.3. The van der Waals surface area contributed by atoms with Crippen molar-refractivity contribution in [2.45, 2.75) is 25.9 Å². The lowest BCUT2D eigenvalue weighted by Crippen LogP contribution is -2.37. The molecule has 196 valence electrons. The quantitative estimate of drug-likeness (QED) is 0.160. The largest absolute Gasteiger partial charge is 0.492 e. The van der Waals surface area contributed by atoms with Crippen molar-refractivity contribution in [1.82, 2.24) is 9.88 Å². The minimum atomic E-state index is -0.985. The third-order valence-electron chi connectivity index (χ3n) is 6.73. The number of carbonyl (C=O) groups is 2. The number of ketones is 1. The highest BCUT2D eigenvalue weighted by Crippen LogP contribution is 2.28. The summed E-state index contributed by atoms with van der Waals surface area (Å²) >= 11 is 0. The zero-order valence-corrected chi connectivity index (χ0v) is 21.7. The number of aliphatic carboxylic acids is 1. The molecule has 0 amide bonds. The van der Waals surface area contributed by atoms with Gasteiger partial charge in [-0.3, -0.25) is 4.79 Å². The molecule has 0 aliphatic rings. The molecule has 1 atom stereocenters. The SMILES string of the molecule is C/C(=C/C(=O)c1ccccc1)NC(Cc1ccc(OCCn2c3ccccc3c3ccccc32)cc1)C(=O)O. The Morgan fingerprint density at radius 2 is 1.44 bits per heavy atom. The van der Waals surface area contributed by atoms with Gasteiger partial charge in [-0.2, -0.15) is 0 Å². The average Bonchev–Trinajstić information content (AvgIpc) is 3.27. The normalized spacial score (nSPS) is 12.4. The van der Waals surface area contributed by atoms with E-state index < -0.39 is 12.0 Å². The van der Waals surface area contributed by atoms with Crippen LogP contribution in [0.25, 0.3) is 21.8 Å². The first-order chi connectivity index (χ1) is 19.0. The van der Waals surface area contributed by atoms with Crippen molar-refractivity contribution < 1.29 is 19.4 Å². The Labute approximate surface area is 227 Å². The summed E-state index contributed by atoms with van der Waals surface area (Å²) in [7, 11) is 0. The number of carboxylic acid groups (broad SMARTS) is 1. The van der Waals surface area contributed by atoms with Gasteiger partial charge >= 0.3 is 5.97 Å². The topological polar surface area (TPSA) is 80.6 Å². The third kappa shape index (κ3) is 6.02. The van der Waals surface area contributed by atoms with E-state index in [0.717, 1.165) is 11.3 Å². The minimum absolute atomic E-state index is 0.174. The number of nitrogens with one attached hydrogen (secondary N) is 1. The van der Waals surface area contributed by atoms with Gasteiger partial charge in [0.15, 0.2) is 5.78 Å². The predicted octanol–water partition coefficient (Wildman–Crippen LogP) is 6.25. The Balaban J connectivity index is 1.20. The van der Waals surface area contributed by atoms with Crippen molar-refractivity contribution in [3.8, 4) is 5.75 Å². The molecule has 1 unspecified atom stereocenters. The molecule has 0 aliphatic heterocycles. The lowest BCUT2D eigenvalue weighted by Gasteiger charge is -2.16. The zero-order chi connectivity index (χ0) is 27.2. The van der Waals surface area contributed by atoms with E-state index >= 15 is 0 Å². The van der Waals surface area contributed by atoms with Crippen LogP contribution in [0.15, 0.2) is 115 Å². The van der Waals surface area contributed by atoms with Gasteiger partial charge in [0.05, 0.1) is 6.54 Å². The number of carboxylic acids is 1. The van der Waals surface area contributed by atoms with E-state index in [1.54, 1.807) is 31.2 Å². The van der Waals surface area contributed by atoms with Gasteiger partial charge in [0.1, 0.15) is 18.4 Å². The third-order valence-corrected chi connectivity index (χ3v) is 6.73. The molecular weight excluding hydrogens is 488 g/mol. The van der Waals surface area contributed by atoms with Crippen molar-refractivity contribution in [3.05, 3.63) is 126 Å². The number of allylic oxidation sites excluding steroid dienone is 2. The standard InChI is InChI=1S/C33H30N2O4/c1-23(21-32(36)25-9-3-2-4-10-25)34-29(33(37)38)22-24-15-17-26(18-16-24)39-20-19-35-30-13-7-5-11-27(30)28-12-6-8-14-31(28)35/h2-18,21,29,34H,19-20,22H2,1H3,(H,37,38)/b23-21-. The molecule has 0 saturated carbocycles. The minimum Gasteiger partial charge on any atom is -0.492 e. The van der Waals surface area contributed by atoms with Crippen LogP contribution in [-0.4, -0.2) is 34.1 Å². The van der Waals surface area contributed by atoms with Crippen LogP contribution in [0.4, 0.5) is 0 Å². The number of nitrogens with zero attached hydrogens (tertiary/aromatic N) is 1. The summed E-state index contributed by atoms with van der Waals surface area (Å²) < 4.78 is 8.31. The molecule has 5 aromatic rings. The van der Waals surface area contributed by atoms with Gasteiger partial charge < -0.3 is 19.7 Å². The van der Waals surface area contributed by atoms with Crippen LogP contribution in [0.5, 0.6) is 5.75 Å². The van der Waals surface area contributed by atoms with E-state index in [0.29, 0.717) is 24.4 Å². The van der Waals surface area contributed by atoms with Gasteiger partial charge in [-0.15, -0.1) is 0 Å². The van der Waals surface area contributed by atoms with Gasteiger partial charge in [-0.05, 0) is 36.8 Å². The monoisotopic (exact) mass is 518 g/mol. The van der Waals surface area contributed by atoms with E-state index in [-0.39, 0.29) is 12.2 Å². The smallest absolute Gasteiger partial charge is 0.326 e. The Hall–Kier alpha value is -4.84. The molecule has 1 aromatic heterocycles. The van der Waals surface area contributed by atoms with Crippen molar-refractivity contribution >= 4 is 33.6 Å². The summed E-state index contributed by atoms with van der Waals surface area (Å²) in [6.07, 6.45) is 1.70. The number of fused-ring (bicyclic) bond motifs is 3. The molecule has 4 aromatic carbocycles. The fraction of sp³-hybridized carbons (Fsp3) is 0.152. The number of rotatable bonds is 11. The number of aromatic nitrogens is 1. The van der Waals surface area contributed by atoms with E-state index in [1.807, 2.05) is 30.3 Å². The lowest BCUT2D eigenvalue weighted by molar-refractivity contribution is -0.139. The molecule has 0 bridgehead atoms. The predicted molar refractivity (Wildman–Crippen MR) is 154 cm³/mol. The van der Waals surface area contributed by atoms with Gasteiger partial charge in [-0.1, -0.05) is 78.9 Å². The fourth-order valence-electron chi connectivity index (χ4n) is 4.86. The molecule has 6 nitrogen and oxygen atoms in total. The first-order valence-corrected chi connectivity index (χ1v) is 12.9. The first kappa shape index (κ1) is 25.8. The van der Waals surface area contributed by atoms with Crippen molar-refractivity contribution in [2.24, 2.45) is 0 Å². The maximum absolute atomic E-state index is 12.4. The van der Waals surface area contributed by atoms with Crippen LogP contribution in [0.3, 0.4) is 0 Å². The second kappa shape index (κ2) is 11.7. The zero-order valence-electron chi connectivity index (χ0n) is 21.7. The molecule has 0 fully saturated rings. The fourth-order valence-corrected chi connectivity index (χ4v) is 4.86. The Morgan fingerprint density at radius 3 is 2.05 bits per heavy atom. The van der Waals surface area contributed by atoms with Gasteiger partial charge in [0.2, 0.25) is 0 Å². The van der Waals surface area contributed by atoms with Gasteiger partial charge in [0, 0.05) is 45.6 Å². The number of carbonyl (C=O) groups excluding carboxylic acids is 1. The molecule has 5 rings (SSSR count). The van der Waals surface area contributed by atoms with Crippen molar-refractivity contribution in [1.29, 1.82) is 0 Å². The molecule has 39 heavy (non-hydrogen) atoms.